The van der Waals surface area contributed by atoms with Gasteiger partial charge in [0.2, 0.25) is 0 Å². The van der Waals surface area contributed by atoms with Crippen LogP contribution in [0.15, 0.2) is 27.1 Å². The van der Waals surface area contributed by atoms with Crippen LogP contribution in [-0.2, 0) is 0 Å². The average Bonchev–Trinajstić information content (AvgIpc) is 2.69. The predicted molar refractivity (Wildman–Crippen MR) is 76.7 cm³/mol. The molecule has 0 amide bonds. The lowest BCUT2D eigenvalue weighted by molar-refractivity contribution is 0.147. The zero-order valence-electron chi connectivity index (χ0n) is 10.8. The van der Waals surface area contributed by atoms with Crippen molar-refractivity contribution in [1.29, 1.82) is 0 Å². The maximum atomic E-state index is 10.1. The summed E-state index contributed by atoms with van der Waals surface area (Å²) in [6.07, 6.45) is -0.619. The molecule has 2 aromatic rings. The van der Waals surface area contributed by atoms with Crippen molar-refractivity contribution in [3.05, 3.63) is 34.0 Å². The Labute approximate surface area is 115 Å². The molecule has 1 aromatic carbocycles. The highest BCUT2D eigenvalue weighted by Gasteiger charge is 2.15. The van der Waals surface area contributed by atoms with E-state index in [1.807, 2.05) is 32.9 Å². The van der Waals surface area contributed by atoms with E-state index in [2.05, 4.69) is 27.3 Å². The van der Waals surface area contributed by atoms with Crippen molar-refractivity contribution >= 4 is 26.9 Å². The van der Waals surface area contributed by atoms with Gasteiger partial charge in [0, 0.05) is 18.0 Å². The molecule has 0 radical (unpaired) electrons. The van der Waals surface area contributed by atoms with Crippen LogP contribution in [0.25, 0.3) is 11.0 Å². The zero-order chi connectivity index (χ0) is 13.3. The number of hydrogen-bond donors (Lipinski definition) is 2. The number of hydrogen-bond acceptors (Lipinski definition) is 3. The van der Waals surface area contributed by atoms with Crippen LogP contribution in [0.3, 0.4) is 0 Å². The van der Waals surface area contributed by atoms with Crippen molar-refractivity contribution in [3.8, 4) is 0 Å². The molecular formula is C14H18BrNO2. The fraction of sp³-hybridized carbons (Fsp3) is 0.429. The standard InChI is InChI=1S/C14H18BrNO2/c1-8(2)16-7-12(17)13-6-10-4-9(3)5-11(15)14(10)18-13/h4-6,8,12,16-17H,7H2,1-3H3. The van der Waals surface area contributed by atoms with Gasteiger partial charge in [0.1, 0.15) is 17.4 Å². The van der Waals surface area contributed by atoms with E-state index in [9.17, 15) is 5.11 Å². The van der Waals surface area contributed by atoms with Crippen LogP contribution < -0.4 is 5.32 Å². The van der Waals surface area contributed by atoms with Crippen LogP contribution in [0.2, 0.25) is 0 Å². The molecule has 2 N–H and O–H groups in total. The molecule has 0 bridgehead atoms. The van der Waals surface area contributed by atoms with Crippen LogP contribution in [0.1, 0.15) is 31.3 Å². The second-order valence-electron chi connectivity index (χ2n) is 4.89. The van der Waals surface area contributed by atoms with E-state index in [4.69, 9.17) is 4.42 Å². The Hall–Kier alpha value is -0.840. The van der Waals surface area contributed by atoms with Crippen molar-refractivity contribution in [2.75, 3.05) is 6.54 Å². The monoisotopic (exact) mass is 311 g/mol. The fourth-order valence-electron chi connectivity index (χ4n) is 1.88. The Morgan fingerprint density at radius 3 is 2.72 bits per heavy atom. The Bertz CT molecular complexity index is 548. The van der Waals surface area contributed by atoms with Gasteiger partial charge in [0.25, 0.3) is 0 Å². The molecule has 1 atom stereocenters. The fourth-order valence-corrected chi connectivity index (χ4v) is 2.55. The van der Waals surface area contributed by atoms with Crippen LogP contribution >= 0.6 is 15.9 Å². The van der Waals surface area contributed by atoms with E-state index in [1.54, 1.807) is 0 Å². The van der Waals surface area contributed by atoms with E-state index in [0.29, 0.717) is 18.3 Å². The van der Waals surface area contributed by atoms with E-state index in [0.717, 1.165) is 21.0 Å². The van der Waals surface area contributed by atoms with Gasteiger partial charge in [-0.15, -0.1) is 0 Å². The number of aliphatic hydroxyl groups is 1. The highest BCUT2D eigenvalue weighted by molar-refractivity contribution is 9.10. The highest BCUT2D eigenvalue weighted by Crippen LogP contribution is 2.30. The van der Waals surface area contributed by atoms with Crippen LogP contribution in [0.4, 0.5) is 0 Å². The molecule has 0 saturated carbocycles. The van der Waals surface area contributed by atoms with E-state index >= 15 is 0 Å². The summed E-state index contributed by atoms with van der Waals surface area (Å²) < 4.78 is 6.63. The molecule has 1 unspecified atom stereocenters. The third-order valence-electron chi connectivity index (χ3n) is 2.78. The van der Waals surface area contributed by atoms with Gasteiger partial charge >= 0.3 is 0 Å². The molecule has 98 valence electrons. The minimum Gasteiger partial charge on any atom is -0.457 e. The topological polar surface area (TPSA) is 45.4 Å². The van der Waals surface area contributed by atoms with Gasteiger partial charge in [-0.3, -0.25) is 0 Å². The second kappa shape index (κ2) is 5.43. The molecule has 0 aliphatic rings. The Balaban J connectivity index is 2.27. The average molecular weight is 312 g/mol. The maximum absolute atomic E-state index is 10.1. The maximum Gasteiger partial charge on any atom is 0.148 e. The molecule has 3 nitrogen and oxygen atoms in total. The molecule has 1 heterocycles. The normalized spacial score (nSPS) is 13.4. The predicted octanol–water partition coefficient (Wildman–Crippen LogP) is 3.54. The van der Waals surface area contributed by atoms with Gasteiger partial charge in [-0.25, -0.2) is 0 Å². The van der Waals surface area contributed by atoms with Crippen LogP contribution in [0.5, 0.6) is 0 Å². The molecule has 0 saturated heterocycles. The molecule has 0 fully saturated rings. The lowest BCUT2D eigenvalue weighted by atomic mass is 10.1. The highest BCUT2D eigenvalue weighted by atomic mass is 79.9. The van der Waals surface area contributed by atoms with Crippen molar-refractivity contribution in [3.63, 3.8) is 0 Å². The Kier molecular flexibility index (Phi) is 4.10. The summed E-state index contributed by atoms with van der Waals surface area (Å²) in [7, 11) is 0. The molecule has 0 aliphatic carbocycles. The number of furan rings is 1. The minimum absolute atomic E-state index is 0.345. The first-order valence-electron chi connectivity index (χ1n) is 6.08. The summed E-state index contributed by atoms with van der Waals surface area (Å²) in [6, 6.07) is 6.31. The number of fused-ring (bicyclic) bond motifs is 1. The largest absolute Gasteiger partial charge is 0.457 e. The van der Waals surface area contributed by atoms with E-state index in [1.165, 1.54) is 0 Å². The third-order valence-corrected chi connectivity index (χ3v) is 3.37. The summed E-state index contributed by atoms with van der Waals surface area (Å²) >= 11 is 3.48. The summed E-state index contributed by atoms with van der Waals surface area (Å²) in [4.78, 5) is 0. The first-order valence-corrected chi connectivity index (χ1v) is 6.87. The smallest absolute Gasteiger partial charge is 0.148 e. The summed E-state index contributed by atoms with van der Waals surface area (Å²) in [5.41, 5.74) is 1.95. The van der Waals surface area contributed by atoms with Crippen molar-refractivity contribution in [2.24, 2.45) is 0 Å². The number of rotatable bonds is 4. The van der Waals surface area contributed by atoms with Gasteiger partial charge in [-0.05, 0) is 46.6 Å². The van der Waals surface area contributed by atoms with Crippen molar-refractivity contribution < 1.29 is 9.52 Å². The van der Waals surface area contributed by atoms with E-state index < -0.39 is 6.10 Å². The van der Waals surface area contributed by atoms with Crippen molar-refractivity contribution in [2.45, 2.75) is 32.9 Å². The SMILES string of the molecule is Cc1cc(Br)c2oc(C(O)CNC(C)C)cc2c1. The zero-order valence-corrected chi connectivity index (χ0v) is 12.4. The quantitative estimate of drug-likeness (QED) is 0.908. The van der Waals surface area contributed by atoms with Gasteiger partial charge in [-0.1, -0.05) is 13.8 Å². The molecule has 0 spiro atoms. The summed E-state index contributed by atoms with van der Waals surface area (Å²) in [5, 5.41) is 14.3. The van der Waals surface area contributed by atoms with Crippen LogP contribution in [0, 0.1) is 6.92 Å². The van der Waals surface area contributed by atoms with Gasteiger partial charge < -0.3 is 14.8 Å². The van der Waals surface area contributed by atoms with Crippen LogP contribution in [-0.4, -0.2) is 17.7 Å². The summed E-state index contributed by atoms with van der Waals surface area (Å²) in [6.45, 7) is 6.62. The molecule has 2 rings (SSSR count). The molecule has 4 heteroatoms. The summed E-state index contributed by atoms with van der Waals surface area (Å²) in [5.74, 6) is 0.601. The van der Waals surface area contributed by atoms with Gasteiger partial charge in [0.05, 0.1) is 4.47 Å². The first-order chi connectivity index (χ1) is 8.47. The number of aliphatic hydroxyl groups excluding tert-OH is 1. The molecule has 1 aromatic heterocycles. The second-order valence-corrected chi connectivity index (χ2v) is 5.75. The van der Waals surface area contributed by atoms with Gasteiger partial charge in [0.15, 0.2) is 0 Å². The molecule has 18 heavy (non-hydrogen) atoms. The lowest BCUT2D eigenvalue weighted by Crippen LogP contribution is -2.27. The number of aryl methyl sites for hydroxylation is 1. The third kappa shape index (κ3) is 2.94. The lowest BCUT2D eigenvalue weighted by Gasteiger charge is -2.11. The Morgan fingerprint density at radius 1 is 1.33 bits per heavy atom. The first kappa shape index (κ1) is 13.6. The van der Waals surface area contributed by atoms with E-state index in [-0.39, 0.29) is 0 Å². The molecular weight excluding hydrogens is 294 g/mol. The number of benzene rings is 1. The van der Waals surface area contributed by atoms with Gasteiger partial charge in [-0.2, -0.15) is 0 Å². The number of nitrogens with one attached hydrogen (secondary N) is 1. The van der Waals surface area contributed by atoms with Crippen molar-refractivity contribution in [1.82, 2.24) is 5.32 Å². The Morgan fingerprint density at radius 2 is 2.06 bits per heavy atom. The molecule has 0 aliphatic heterocycles. The minimum atomic E-state index is -0.619. The number of halogens is 1.